The molecule has 27 heavy (non-hydrogen) atoms. The summed E-state index contributed by atoms with van der Waals surface area (Å²) >= 11 is 0. The minimum atomic E-state index is -3.51. The van der Waals surface area contributed by atoms with Crippen molar-refractivity contribution in [2.24, 2.45) is 0 Å². The van der Waals surface area contributed by atoms with E-state index in [1.54, 1.807) is 6.26 Å². The summed E-state index contributed by atoms with van der Waals surface area (Å²) in [7, 11) is -3.51. The minimum Gasteiger partial charge on any atom is -0.468 e. The lowest BCUT2D eigenvalue weighted by atomic mass is 10.1. The lowest BCUT2D eigenvalue weighted by Gasteiger charge is -2.33. The van der Waals surface area contributed by atoms with Gasteiger partial charge in [-0.05, 0) is 50.2 Å². The fourth-order valence-electron chi connectivity index (χ4n) is 3.37. The highest BCUT2D eigenvalue weighted by molar-refractivity contribution is 7.90. The molecule has 0 unspecified atom stereocenters. The SMILES string of the molecule is CS(=O)(=O)c1ccc(NC[C@@H](c2ccco2)N2CCCCC2)c([N+](=O)[O-])c1. The van der Waals surface area contributed by atoms with E-state index in [9.17, 15) is 18.5 Å². The highest BCUT2D eigenvalue weighted by Crippen LogP contribution is 2.30. The van der Waals surface area contributed by atoms with E-state index < -0.39 is 14.8 Å². The molecule has 0 amide bonds. The van der Waals surface area contributed by atoms with Crippen LogP contribution in [0.25, 0.3) is 0 Å². The van der Waals surface area contributed by atoms with Gasteiger partial charge in [0.1, 0.15) is 11.4 Å². The monoisotopic (exact) mass is 393 g/mol. The molecule has 0 bridgehead atoms. The van der Waals surface area contributed by atoms with E-state index in [-0.39, 0.29) is 16.6 Å². The van der Waals surface area contributed by atoms with Crippen molar-refractivity contribution in [2.45, 2.75) is 30.2 Å². The van der Waals surface area contributed by atoms with Gasteiger partial charge in [-0.3, -0.25) is 15.0 Å². The standard InChI is InChI=1S/C18H23N3O5S/c1-27(24,25)14-7-8-15(16(12-14)21(22)23)19-13-17(18-6-5-11-26-18)20-9-3-2-4-10-20/h5-8,11-12,17,19H,2-4,9-10,13H2,1H3/t17-/m0/s1. The Labute approximate surface area is 158 Å². The molecule has 0 saturated carbocycles. The maximum atomic E-state index is 11.7. The molecule has 9 heteroatoms. The lowest BCUT2D eigenvalue weighted by Crippen LogP contribution is -2.37. The van der Waals surface area contributed by atoms with Crippen molar-refractivity contribution >= 4 is 21.2 Å². The van der Waals surface area contributed by atoms with Crippen LogP contribution in [-0.4, -0.2) is 44.1 Å². The van der Waals surface area contributed by atoms with Gasteiger partial charge >= 0.3 is 0 Å². The second-order valence-corrected chi connectivity index (χ2v) is 8.73. The Morgan fingerprint density at radius 3 is 2.59 bits per heavy atom. The lowest BCUT2D eigenvalue weighted by molar-refractivity contribution is -0.384. The zero-order valence-electron chi connectivity index (χ0n) is 15.1. The van der Waals surface area contributed by atoms with E-state index >= 15 is 0 Å². The van der Waals surface area contributed by atoms with Crippen LogP contribution in [0.2, 0.25) is 0 Å². The first-order chi connectivity index (χ1) is 12.9. The van der Waals surface area contributed by atoms with Crippen molar-refractivity contribution in [3.63, 3.8) is 0 Å². The number of nitrogens with one attached hydrogen (secondary N) is 1. The first-order valence-electron chi connectivity index (χ1n) is 8.86. The molecule has 1 fully saturated rings. The average Bonchev–Trinajstić information content (AvgIpc) is 3.16. The van der Waals surface area contributed by atoms with Crippen molar-refractivity contribution < 1.29 is 17.8 Å². The van der Waals surface area contributed by atoms with Crippen molar-refractivity contribution in [1.82, 2.24) is 4.90 Å². The maximum Gasteiger partial charge on any atom is 0.293 e. The number of likely N-dealkylation sites (tertiary alicyclic amines) is 1. The number of hydrogen-bond donors (Lipinski definition) is 1. The van der Waals surface area contributed by atoms with Gasteiger partial charge in [-0.1, -0.05) is 6.42 Å². The molecule has 1 N–H and O–H groups in total. The molecule has 3 rings (SSSR count). The Hall–Kier alpha value is -2.39. The Bertz CT molecular complexity index is 890. The molecule has 8 nitrogen and oxygen atoms in total. The number of hydrogen-bond acceptors (Lipinski definition) is 7. The van der Waals surface area contributed by atoms with E-state index in [1.807, 2.05) is 12.1 Å². The number of nitro groups is 1. The predicted molar refractivity (Wildman–Crippen MR) is 102 cm³/mol. The van der Waals surface area contributed by atoms with Crippen LogP contribution in [-0.2, 0) is 9.84 Å². The van der Waals surface area contributed by atoms with E-state index in [0.717, 1.165) is 44.0 Å². The van der Waals surface area contributed by atoms with Crippen LogP contribution in [0.4, 0.5) is 11.4 Å². The molecule has 1 saturated heterocycles. The summed E-state index contributed by atoms with van der Waals surface area (Å²) in [6, 6.07) is 7.62. The van der Waals surface area contributed by atoms with Gasteiger partial charge in [0, 0.05) is 18.9 Å². The predicted octanol–water partition coefficient (Wildman–Crippen LogP) is 3.23. The summed E-state index contributed by atoms with van der Waals surface area (Å²) in [5, 5.41) is 14.5. The van der Waals surface area contributed by atoms with Crippen LogP contribution in [0.3, 0.4) is 0 Å². The Kier molecular flexibility index (Phi) is 5.81. The summed E-state index contributed by atoms with van der Waals surface area (Å²) < 4.78 is 29.0. The third-order valence-corrected chi connectivity index (χ3v) is 5.89. The first-order valence-corrected chi connectivity index (χ1v) is 10.8. The van der Waals surface area contributed by atoms with Gasteiger partial charge in [0.25, 0.3) is 5.69 Å². The molecule has 1 aliphatic heterocycles. The fourth-order valence-corrected chi connectivity index (χ4v) is 4.01. The second-order valence-electron chi connectivity index (χ2n) is 6.72. The average molecular weight is 393 g/mol. The zero-order valence-corrected chi connectivity index (χ0v) is 15.9. The van der Waals surface area contributed by atoms with Gasteiger partial charge in [-0.25, -0.2) is 8.42 Å². The van der Waals surface area contributed by atoms with Crippen LogP contribution in [0.5, 0.6) is 0 Å². The summed E-state index contributed by atoms with van der Waals surface area (Å²) in [4.78, 5) is 13.1. The third kappa shape index (κ3) is 4.67. The highest BCUT2D eigenvalue weighted by atomic mass is 32.2. The fraction of sp³-hybridized carbons (Fsp3) is 0.444. The Morgan fingerprint density at radius 1 is 1.26 bits per heavy atom. The normalized spacial score (nSPS) is 16.8. The van der Waals surface area contributed by atoms with Crippen LogP contribution in [0.15, 0.2) is 45.9 Å². The zero-order chi connectivity index (χ0) is 19.4. The first kappa shape index (κ1) is 19.4. The molecule has 1 aromatic carbocycles. The molecule has 1 aromatic heterocycles. The van der Waals surface area contributed by atoms with Gasteiger partial charge < -0.3 is 9.73 Å². The molecule has 0 aliphatic carbocycles. The van der Waals surface area contributed by atoms with E-state index in [2.05, 4.69) is 10.2 Å². The molecule has 1 atom stereocenters. The van der Waals surface area contributed by atoms with Crippen LogP contribution in [0, 0.1) is 10.1 Å². The molecule has 0 spiro atoms. The number of nitrogens with zero attached hydrogens (tertiary/aromatic N) is 2. The molecule has 0 radical (unpaired) electrons. The van der Waals surface area contributed by atoms with Gasteiger partial charge in [0.15, 0.2) is 9.84 Å². The number of nitro benzene ring substituents is 1. The van der Waals surface area contributed by atoms with Gasteiger partial charge in [0.2, 0.25) is 0 Å². The smallest absolute Gasteiger partial charge is 0.293 e. The largest absolute Gasteiger partial charge is 0.468 e. The van der Waals surface area contributed by atoms with E-state index in [4.69, 9.17) is 4.42 Å². The van der Waals surface area contributed by atoms with Crippen LogP contribution < -0.4 is 5.32 Å². The molecule has 146 valence electrons. The number of benzene rings is 1. The number of rotatable bonds is 7. The second kappa shape index (κ2) is 8.10. The van der Waals surface area contributed by atoms with Crippen molar-refractivity contribution in [1.29, 1.82) is 0 Å². The molecule has 2 heterocycles. The molecule has 2 aromatic rings. The topological polar surface area (TPSA) is 106 Å². The van der Waals surface area contributed by atoms with E-state index in [1.165, 1.54) is 18.6 Å². The number of furan rings is 1. The van der Waals surface area contributed by atoms with Crippen molar-refractivity contribution in [3.8, 4) is 0 Å². The third-order valence-electron chi connectivity index (χ3n) is 4.78. The number of piperidine rings is 1. The molecular formula is C18H23N3O5S. The number of sulfone groups is 1. The Balaban J connectivity index is 1.83. The minimum absolute atomic E-state index is 0.0468. The van der Waals surface area contributed by atoms with Crippen molar-refractivity contribution in [3.05, 3.63) is 52.5 Å². The van der Waals surface area contributed by atoms with Gasteiger partial charge in [-0.15, -0.1) is 0 Å². The van der Waals surface area contributed by atoms with Crippen molar-refractivity contribution in [2.75, 3.05) is 31.2 Å². The van der Waals surface area contributed by atoms with Gasteiger partial charge in [0.05, 0.1) is 22.1 Å². The summed E-state index contributed by atoms with van der Waals surface area (Å²) in [5.41, 5.74) is 0.0377. The van der Waals surface area contributed by atoms with Gasteiger partial charge in [-0.2, -0.15) is 0 Å². The summed E-state index contributed by atoms with van der Waals surface area (Å²) in [5.74, 6) is 0.805. The summed E-state index contributed by atoms with van der Waals surface area (Å²) in [6.07, 6.45) is 6.08. The molecular weight excluding hydrogens is 370 g/mol. The highest BCUT2D eigenvalue weighted by Gasteiger charge is 2.26. The number of anilines is 1. The quantitative estimate of drug-likeness (QED) is 0.568. The summed E-state index contributed by atoms with van der Waals surface area (Å²) in [6.45, 7) is 2.32. The molecule has 1 aliphatic rings. The Morgan fingerprint density at radius 2 is 2.00 bits per heavy atom. The maximum absolute atomic E-state index is 11.7. The van der Waals surface area contributed by atoms with Crippen LogP contribution >= 0.6 is 0 Å². The van der Waals surface area contributed by atoms with E-state index in [0.29, 0.717) is 12.2 Å². The van der Waals surface area contributed by atoms with Crippen LogP contribution in [0.1, 0.15) is 31.1 Å².